The van der Waals surface area contributed by atoms with Gasteiger partial charge < -0.3 is 10.0 Å². The highest BCUT2D eigenvalue weighted by molar-refractivity contribution is 6.31. The summed E-state index contributed by atoms with van der Waals surface area (Å²) in [6.45, 7) is 2.28. The fraction of sp³-hybridized carbons (Fsp3) is 0.200. The van der Waals surface area contributed by atoms with E-state index in [1.807, 2.05) is 31.2 Å². The van der Waals surface area contributed by atoms with Gasteiger partial charge in [0.1, 0.15) is 0 Å². The Morgan fingerprint density at radius 2 is 1.55 bits per heavy atom. The number of amides is 1. The van der Waals surface area contributed by atoms with Crippen molar-refractivity contribution in [2.24, 2.45) is 0 Å². The minimum atomic E-state index is -1.98. The molecule has 0 bridgehead atoms. The first-order valence-corrected chi connectivity index (χ1v) is 10.8. The summed E-state index contributed by atoms with van der Waals surface area (Å²) in [5, 5.41) is 12.5. The van der Waals surface area contributed by atoms with E-state index < -0.39 is 11.5 Å². The third kappa shape index (κ3) is 4.11. The van der Waals surface area contributed by atoms with Crippen LogP contribution in [0.2, 0.25) is 10.0 Å². The van der Waals surface area contributed by atoms with E-state index in [-0.39, 0.29) is 18.7 Å². The first-order chi connectivity index (χ1) is 14.8. The summed E-state index contributed by atoms with van der Waals surface area (Å²) in [7, 11) is 0. The van der Waals surface area contributed by atoms with Gasteiger partial charge in [0.2, 0.25) is 0 Å². The molecule has 3 aromatic carbocycles. The molecule has 158 valence electrons. The Kier molecular flexibility index (Phi) is 5.89. The van der Waals surface area contributed by atoms with E-state index in [9.17, 15) is 14.7 Å². The van der Waals surface area contributed by atoms with Crippen molar-refractivity contribution in [2.45, 2.75) is 31.9 Å². The molecule has 1 atom stereocenters. The number of aliphatic hydroxyl groups is 1. The predicted octanol–water partition coefficient (Wildman–Crippen LogP) is 5.56. The van der Waals surface area contributed by atoms with Crippen LogP contribution in [0.5, 0.6) is 0 Å². The number of benzene rings is 3. The predicted molar refractivity (Wildman–Crippen MR) is 123 cm³/mol. The number of nitrogens with zero attached hydrogens (tertiary/aromatic N) is 1. The van der Waals surface area contributed by atoms with Crippen LogP contribution in [0.1, 0.15) is 40.4 Å². The van der Waals surface area contributed by atoms with Gasteiger partial charge in [0.25, 0.3) is 5.91 Å². The van der Waals surface area contributed by atoms with Gasteiger partial charge in [-0.3, -0.25) is 9.59 Å². The largest absolute Gasteiger partial charge is 0.375 e. The highest BCUT2D eigenvalue weighted by Crippen LogP contribution is 2.44. The van der Waals surface area contributed by atoms with Gasteiger partial charge in [-0.15, -0.1) is 0 Å². The lowest BCUT2D eigenvalue weighted by atomic mass is 9.88. The average molecular weight is 454 g/mol. The number of halogens is 2. The monoisotopic (exact) mass is 453 g/mol. The first kappa shape index (κ1) is 21.6. The zero-order valence-corrected chi connectivity index (χ0v) is 18.5. The zero-order chi connectivity index (χ0) is 22.2. The number of Topliss-reactive ketones (excluding diaryl/α,β-unsaturated/α-hetero) is 1. The highest BCUT2D eigenvalue weighted by atomic mass is 35.5. The molecule has 31 heavy (non-hydrogen) atoms. The third-order valence-corrected chi connectivity index (χ3v) is 6.14. The average Bonchev–Trinajstić information content (AvgIpc) is 2.96. The molecule has 1 heterocycles. The molecule has 0 spiro atoms. The number of fused-ring (bicyclic) bond motifs is 1. The fourth-order valence-corrected chi connectivity index (χ4v) is 4.18. The van der Waals surface area contributed by atoms with Crippen LogP contribution in [-0.2, 0) is 23.4 Å². The van der Waals surface area contributed by atoms with Gasteiger partial charge in [-0.2, -0.15) is 0 Å². The number of ketones is 1. The summed E-state index contributed by atoms with van der Waals surface area (Å²) < 4.78 is 0. The minimum Gasteiger partial charge on any atom is -0.375 e. The molecule has 0 fully saturated rings. The molecule has 1 aliphatic heterocycles. The first-order valence-electron chi connectivity index (χ1n) is 10.0. The molecule has 0 aliphatic carbocycles. The molecule has 0 unspecified atom stereocenters. The molecule has 1 amide bonds. The molecular formula is C25H21Cl2NO3. The van der Waals surface area contributed by atoms with Crippen LogP contribution < -0.4 is 4.90 Å². The molecule has 4 nitrogen and oxygen atoms in total. The summed E-state index contributed by atoms with van der Waals surface area (Å²) in [6, 6.07) is 19.3. The van der Waals surface area contributed by atoms with Crippen LogP contribution in [-0.4, -0.2) is 16.8 Å². The molecule has 1 aliphatic rings. The van der Waals surface area contributed by atoms with Crippen LogP contribution in [0.15, 0.2) is 66.7 Å². The summed E-state index contributed by atoms with van der Waals surface area (Å²) in [6.07, 6.45) is 0.504. The molecule has 0 aromatic heterocycles. The molecule has 0 saturated carbocycles. The van der Waals surface area contributed by atoms with Crippen molar-refractivity contribution in [2.75, 3.05) is 4.90 Å². The van der Waals surface area contributed by atoms with Crippen LogP contribution in [0.3, 0.4) is 0 Å². The lowest BCUT2D eigenvalue weighted by Gasteiger charge is -2.23. The van der Waals surface area contributed by atoms with E-state index in [4.69, 9.17) is 23.2 Å². The number of carbonyl (C=O) groups excluding carboxylic acids is 2. The summed E-state index contributed by atoms with van der Waals surface area (Å²) >= 11 is 12.1. The van der Waals surface area contributed by atoms with Crippen molar-refractivity contribution in [3.63, 3.8) is 0 Å². The molecule has 4 rings (SSSR count). The second-order valence-corrected chi connectivity index (χ2v) is 8.56. The van der Waals surface area contributed by atoms with Crippen LogP contribution in [0.25, 0.3) is 0 Å². The number of hydrogen-bond acceptors (Lipinski definition) is 3. The van der Waals surface area contributed by atoms with Crippen LogP contribution >= 0.6 is 23.2 Å². The van der Waals surface area contributed by atoms with E-state index in [1.165, 1.54) is 4.90 Å². The van der Waals surface area contributed by atoms with E-state index >= 15 is 0 Å². The van der Waals surface area contributed by atoms with E-state index in [0.29, 0.717) is 26.9 Å². The quantitative estimate of drug-likeness (QED) is 0.496. The van der Waals surface area contributed by atoms with Crippen molar-refractivity contribution >= 4 is 40.6 Å². The topological polar surface area (TPSA) is 57.6 Å². The number of carbonyl (C=O) groups is 2. The summed E-state index contributed by atoms with van der Waals surface area (Å²) in [5.41, 5.74) is 1.33. The fourth-order valence-electron chi connectivity index (χ4n) is 3.88. The van der Waals surface area contributed by atoms with Crippen molar-refractivity contribution < 1.29 is 14.7 Å². The molecule has 6 heteroatoms. The number of rotatable bonds is 6. The standard InChI is InChI=1S/C25H21Cl2NO3/c1-2-16-3-7-18(8-4-16)23(29)14-25(31)21-13-20(27)11-12-22(21)28(24(25)30)15-17-5-9-19(26)10-6-17/h3-13,31H,2,14-15H2,1H3/t25-/m0/s1. The van der Waals surface area contributed by atoms with Gasteiger partial charge in [0.15, 0.2) is 11.4 Å². The van der Waals surface area contributed by atoms with Crippen molar-refractivity contribution in [3.05, 3.63) is 99.0 Å². The van der Waals surface area contributed by atoms with Crippen molar-refractivity contribution in [1.29, 1.82) is 0 Å². The lowest BCUT2D eigenvalue weighted by molar-refractivity contribution is -0.136. The van der Waals surface area contributed by atoms with Crippen molar-refractivity contribution in [3.8, 4) is 0 Å². The Morgan fingerprint density at radius 1 is 0.935 bits per heavy atom. The smallest absolute Gasteiger partial charge is 0.264 e. The number of anilines is 1. The lowest BCUT2D eigenvalue weighted by Crippen LogP contribution is -2.41. The van der Waals surface area contributed by atoms with Crippen LogP contribution in [0, 0.1) is 0 Å². The van der Waals surface area contributed by atoms with Crippen molar-refractivity contribution in [1.82, 2.24) is 0 Å². The second kappa shape index (κ2) is 8.46. The molecule has 3 aromatic rings. The second-order valence-electron chi connectivity index (χ2n) is 7.69. The van der Waals surface area contributed by atoms with Gasteiger partial charge in [-0.1, -0.05) is 66.5 Å². The third-order valence-electron chi connectivity index (χ3n) is 5.65. The maximum absolute atomic E-state index is 13.4. The molecule has 0 radical (unpaired) electrons. The Labute approximate surface area is 191 Å². The van der Waals surface area contributed by atoms with Gasteiger partial charge in [0.05, 0.1) is 18.7 Å². The summed E-state index contributed by atoms with van der Waals surface area (Å²) in [4.78, 5) is 27.8. The molecule has 1 N–H and O–H groups in total. The van der Waals surface area contributed by atoms with Gasteiger partial charge in [-0.25, -0.2) is 0 Å². The maximum Gasteiger partial charge on any atom is 0.264 e. The Bertz CT molecular complexity index is 1140. The Hall–Kier alpha value is -2.66. The normalized spacial score (nSPS) is 17.7. The van der Waals surface area contributed by atoms with Gasteiger partial charge in [-0.05, 0) is 47.9 Å². The molecule has 0 saturated heterocycles. The minimum absolute atomic E-state index is 0.242. The number of hydrogen-bond donors (Lipinski definition) is 1. The zero-order valence-electron chi connectivity index (χ0n) is 16.9. The Morgan fingerprint density at radius 3 is 2.19 bits per heavy atom. The highest BCUT2D eigenvalue weighted by Gasteiger charge is 2.51. The summed E-state index contributed by atoms with van der Waals surface area (Å²) in [5.74, 6) is -0.851. The van der Waals surface area contributed by atoms with E-state index in [0.717, 1.165) is 17.5 Å². The molecular weight excluding hydrogens is 433 g/mol. The Balaban J connectivity index is 1.67. The van der Waals surface area contributed by atoms with E-state index in [1.54, 1.807) is 42.5 Å². The van der Waals surface area contributed by atoms with Gasteiger partial charge in [0, 0.05) is 21.2 Å². The SMILES string of the molecule is CCc1ccc(C(=O)C[C@@]2(O)C(=O)N(Cc3ccc(Cl)cc3)c3ccc(Cl)cc32)cc1. The van der Waals surface area contributed by atoms with Gasteiger partial charge >= 0.3 is 0 Å². The maximum atomic E-state index is 13.4. The number of aryl methyl sites for hydroxylation is 1. The van der Waals surface area contributed by atoms with E-state index in [2.05, 4.69) is 0 Å². The van der Waals surface area contributed by atoms with Crippen LogP contribution in [0.4, 0.5) is 5.69 Å².